The van der Waals surface area contributed by atoms with Gasteiger partial charge in [0.05, 0.1) is 13.2 Å². The van der Waals surface area contributed by atoms with E-state index < -0.39 is 5.79 Å². The molecule has 1 fully saturated rings. The molecule has 0 amide bonds. The summed E-state index contributed by atoms with van der Waals surface area (Å²) in [7, 11) is 0. The van der Waals surface area contributed by atoms with E-state index in [1.54, 1.807) is 12.1 Å². The predicted molar refractivity (Wildman–Crippen MR) is 50.7 cm³/mol. The third kappa shape index (κ3) is 0.882. The molecule has 1 saturated heterocycles. The maximum Gasteiger partial charge on any atom is 0.216 e. The molecule has 1 aromatic carbocycles. The van der Waals surface area contributed by atoms with E-state index in [1.165, 1.54) is 0 Å². The lowest BCUT2D eigenvalue weighted by Gasteiger charge is -2.21. The lowest BCUT2D eigenvalue weighted by Crippen LogP contribution is -2.22. The number of aromatic hydroxyl groups is 1. The van der Waals surface area contributed by atoms with Crippen LogP contribution in [0.15, 0.2) is 24.3 Å². The summed E-state index contributed by atoms with van der Waals surface area (Å²) in [6.45, 7) is 1.19. The Labute approximate surface area is 81.6 Å². The van der Waals surface area contributed by atoms with E-state index in [0.717, 1.165) is 11.1 Å². The van der Waals surface area contributed by atoms with Crippen molar-refractivity contribution in [2.24, 2.45) is 0 Å². The molecule has 0 saturated carbocycles. The van der Waals surface area contributed by atoms with Gasteiger partial charge in [0.15, 0.2) is 0 Å². The van der Waals surface area contributed by atoms with Gasteiger partial charge in [0, 0.05) is 11.1 Å². The fraction of sp³-hybridized carbons (Fsp3) is 0.273. The van der Waals surface area contributed by atoms with Crippen LogP contribution in [0.5, 0.6) is 5.75 Å². The van der Waals surface area contributed by atoms with Crippen LogP contribution < -0.4 is 0 Å². The summed E-state index contributed by atoms with van der Waals surface area (Å²) in [4.78, 5) is 0. The van der Waals surface area contributed by atoms with E-state index in [9.17, 15) is 5.11 Å². The predicted octanol–water partition coefficient (Wildman–Crippen LogP) is 1.62. The Balaban J connectivity index is 2.19. The van der Waals surface area contributed by atoms with Crippen molar-refractivity contribution in [2.45, 2.75) is 5.79 Å². The molecule has 2 aliphatic rings. The molecule has 0 radical (unpaired) electrons. The van der Waals surface area contributed by atoms with E-state index in [2.05, 4.69) is 0 Å². The average molecular weight is 190 g/mol. The van der Waals surface area contributed by atoms with Crippen molar-refractivity contribution >= 4 is 6.08 Å². The third-order valence-electron chi connectivity index (χ3n) is 2.64. The van der Waals surface area contributed by atoms with Gasteiger partial charge in [-0.15, -0.1) is 0 Å². The van der Waals surface area contributed by atoms with Crippen LogP contribution in [0.3, 0.4) is 0 Å². The summed E-state index contributed by atoms with van der Waals surface area (Å²) in [5, 5.41) is 9.61. The van der Waals surface area contributed by atoms with E-state index >= 15 is 0 Å². The first kappa shape index (κ1) is 8.03. The Morgan fingerprint density at radius 2 is 2.00 bits per heavy atom. The molecule has 1 N–H and O–H groups in total. The first-order chi connectivity index (χ1) is 6.82. The van der Waals surface area contributed by atoms with Gasteiger partial charge in [0.2, 0.25) is 5.79 Å². The van der Waals surface area contributed by atoms with E-state index in [4.69, 9.17) is 9.47 Å². The molecule has 0 unspecified atom stereocenters. The molecule has 1 aliphatic heterocycles. The lowest BCUT2D eigenvalue weighted by molar-refractivity contribution is -0.120. The van der Waals surface area contributed by atoms with Gasteiger partial charge in [0.25, 0.3) is 0 Å². The Kier molecular flexibility index (Phi) is 1.48. The highest BCUT2D eigenvalue weighted by Crippen LogP contribution is 2.43. The molecular weight excluding hydrogens is 180 g/mol. The van der Waals surface area contributed by atoms with Crippen molar-refractivity contribution in [3.05, 3.63) is 35.4 Å². The molecule has 0 aromatic heterocycles. The number of fused-ring (bicyclic) bond motifs is 2. The van der Waals surface area contributed by atoms with Gasteiger partial charge in [-0.2, -0.15) is 0 Å². The second-order valence-corrected chi connectivity index (χ2v) is 3.44. The standard InChI is InChI=1S/C11H10O3/c12-10-3-1-2-9-8(10)4-5-11(9)13-6-7-14-11/h1-5,12H,6-7H2. The van der Waals surface area contributed by atoms with Crippen molar-refractivity contribution in [2.75, 3.05) is 13.2 Å². The van der Waals surface area contributed by atoms with Crippen LogP contribution in [-0.2, 0) is 15.3 Å². The molecule has 1 aliphatic carbocycles. The Morgan fingerprint density at radius 3 is 2.79 bits per heavy atom. The summed E-state index contributed by atoms with van der Waals surface area (Å²) in [6, 6.07) is 5.38. The summed E-state index contributed by atoms with van der Waals surface area (Å²) in [6.07, 6.45) is 3.69. The number of rotatable bonds is 0. The van der Waals surface area contributed by atoms with Gasteiger partial charge >= 0.3 is 0 Å². The SMILES string of the molecule is Oc1cccc2c1C=CC21OCCO1. The van der Waals surface area contributed by atoms with Crippen LogP contribution in [0.25, 0.3) is 6.08 Å². The molecule has 1 spiro atoms. The van der Waals surface area contributed by atoms with E-state index in [1.807, 2.05) is 18.2 Å². The molecule has 3 heteroatoms. The fourth-order valence-corrected chi connectivity index (χ4v) is 1.99. The number of phenolic OH excluding ortho intramolecular Hbond substituents is 1. The van der Waals surface area contributed by atoms with Gasteiger partial charge in [-0.05, 0) is 18.2 Å². The highest BCUT2D eigenvalue weighted by Gasteiger charge is 2.41. The van der Waals surface area contributed by atoms with Crippen LogP contribution in [0.4, 0.5) is 0 Å². The second kappa shape index (κ2) is 2.59. The normalized spacial score (nSPS) is 21.7. The Morgan fingerprint density at radius 1 is 1.21 bits per heavy atom. The zero-order valence-electron chi connectivity index (χ0n) is 7.56. The molecule has 14 heavy (non-hydrogen) atoms. The number of hydrogen-bond donors (Lipinski definition) is 1. The van der Waals surface area contributed by atoms with E-state index in [-0.39, 0.29) is 5.75 Å². The van der Waals surface area contributed by atoms with Gasteiger partial charge in [0.1, 0.15) is 5.75 Å². The number of benzene rings is 1. The zero-order chi connectivity index (χ0) is 9.60. The van der Waals surface area contributed by atoms with Crippen LogP contribution >= 0.6 is 0 Å². The van der Waals surface area contributed by atoms with Crippen LogP contribution in [0, 0.1) is 0 Å². The maximum atomic E-state index is 9.61. The topological polar surface area (TPSA) is 38.7 Å². The lowest BCUT2D eigenvalue weighted by atomic mass is 10.1. The van der Waals surface area contributed by atoms with Crippen molar-refractivity contribution in [1.29, 1.82) is 0 Å². The molecule has 3 nitrogen and oxygen atoms in total. The van der Waals surface area contributed by atoms with E-state index in [0.29, 0.717) is 13.2 Å². The maximum absolute atomic E-state index is 9.61. The summed E-state index contributed by atoms with van der Waals surface area (Å²) in [5.41, 5.74) is 1.70. The minimum absolute atomic E-state index is 0.273. The number of phenols is 1. The third-order valence-corrected chi connectivity index (χ3v) is 2.64. The van der Waals surface area contributed by atoms with Crippen molar-refractivity contribution in [3.8, 4) is 5.75 Å². The quantitative estimate of drug-likeness (QED) is 0.675. The van der Waals surface area contributed by atoms with Gasteiger partial charge in [-0.1, -0.05) is 12.1 Å². The minimum Gasteiger partial charge on any atom is -0.507 e. The van der Waals surface area contributed by atoms with Gasteiger partial charge in [-0.3, -0.25) is 0 Å². The largest absolute Gasteiger partial charge is 0.507 e. The highest BCUT2D eigenvalue weighted by atomic mass is 16.7. The van der Waals surface area contributed by atoms with Gasteiger partial charge in [-0.25, -0.2) is 0 Å². The van der Waals surface area contributed by atoms with Gasteiger partial charge < -0.3 is 14.6 Å². The molecule has 1 aromatic rings. The van der Waals surface area contributed by atoms with Crippen LogP contribution in [0.1, 0.15) is 11.1 Å². The van der Waals surface area contributed by atoms with Crippen molar-refractivity contribution in [3.63, 3.8) is 0 Å². The molecule has 0 atom stereocenters. The summed E-state index contributed by atoms with van der Waals surface area (Å²) >= 11 is 0. The fourth-order valence-electron chi connectivity index (χ4n) is 1.99. The second-order valence-electron chi connectivity index (χ2n) is 3.44. The molecule has 1 heterocycles. The summed E-state index contributed by atoms with van der Waals surface area (Å²) in [5.74, 6) is -0.455. The van der Waals surface area contributed by atoms with Crippen molar-refractivity contribution < 1.29 is 14.6 Å². The van der Waals surface area contributed by atoms with Crippen LogP contribution in [-0.4, -0.2) is 18.3 Å². The highest BCUT2D eigenvalue weighted by molar-refractivity contribution is 5.68. The molecular formula is C11H10O3. The Bertz CT molecular complexity index is 403. The number of ether oxygens (including phenoxy) is 2. The molecule has 72 valence electrons. The Hall–Kier alpha value is -1.32. The molecule has 3 rings (SSSR count). The smallest absolute Gasteiger partial charge is 0.216 e. The average Bonchev–Trinajstić information content (AvgIpc) is 2.78. The monoisotopic (exact) mass is 190 g/mol. The number of hydrogen-bond acceptors (Lipinski definition) is 3. The zero-order valence-corrected chi connectivity index (χ0v) is 7.56. The first-order valence-electron chi connectivity index (χ1n) is 4.61. The van der Waals surface area contributed by atoms with Crippen LogP contribution in [0.2, 0.25) is 0 Å². The molecule has 0 bridgehead atoms. The first-order valence-corrected chi connectivity index (χ1v) is 4.61. The summed E-state index contributed by atoms with van der Waals surface area (Å²) < 4.78 is 11.1. The van der Waals surface area contributed by atoms with Crippen molar-refractivity contribution in [1.82, 2.24) is 0 Å². The minimum atomic E-state index is -0.728.